The van der Waals surface area contributed by atoms with E-state index < -0.39 is 6.17 Å². The topological polar surface area (TPSA) is 66.6 Å². The Morgan fingerprint density at radius 1 is 1.16 bits per heavy atom. The highest BCUT2D eigenvalue weighted by Crippen LogP contribution is 2.33. The molecular weight excluding hydrogens is 316 g/mol. The van der Waals surface area contributed by atoms with Crippen LogP contribution in [-0.2, 0) is 0 Å². The molecule has 1 saturated heterocycles. The first-order valence-electron chi connectivity index (χ1n) is 7.78. The van der Waals surface area contributed by atoms with Crippen LogP contribution in [0.2, 0.25) is 0 Å². The lowest BCUT2D eigenvalue weighted by Gasteiger charge is -2.18. The number of benzene rings is 1. The standard InChI is InChI=1S/C18H14N6O/c1-12-21-8-14(9-22-12)23-11-17(19-2)24(18(23)25)16-10-20-7-13-5-3-4-6-15(13)16/h3-10,17H,11H2,1H3/t17-/m0/s1. The molecule has 1 aliphatic heterocycles. The van der Waals surface area contributed by atoms with Gasteiger partial charge in [-0.15, -0.1) is 0 Å². The molecule has 2 aromatic heterocycles. The maximum absolute atomic E-state index is 13.0. The molecule has 0 saturated carbocycles. The van der Waals surface area contributed by atoms with Gasteiger partial charge in [0.05, 0.1) is 30.0 Å². The summed E-state index contributed by atoms with van der Waals surface area (Å²) in [5, 5.41) is 1.81. The van der Waals surface area contributed by atoms with E-state index in [0.29, 0.717) is 17.2 Å². The molecule has 3 heterocycles. The number of amides is 2. The Balaban J connectivity index is 1.80. The molecule has 0 aliphatic carbocycles. The molecule has 7 heteroatoms. The summed E-state index contributed by atoms with van der Waals surface area (Å²) in [4.78, 5) is 32.2. The minimum atomic E-state index is -0.624. The highest BCUT2D eigenvalue weighted by Gasteiger charge is 2.44. The predicted molar refractivity (Wildman–Crippen MR) is 94.1 cm³/mol. The first-order valence-corrected chi connectivity index (χ1v) is 7.78. The number of aryl methyl sites for hydroxylation is 1. The van der Waals surface area contributed by atoms with Gasteiger partial charge in [0, 0.05) is 17.0 Å². The summed E-state index contributed by atoms with van der Waals surface area (Å²) >= 11 is 0. The van der Waals surface area contributed by atoms with Crippen LogP contribution in [0.1, 0.15) is 5.82 Å². The van der Waals surface area contributed by atoms with Crippen molar-refractivity contribution in [2.45, 2.75) is 13.1 Å². The molecule has 0 radical (unpaired) electrons. The smallest absolute Gasteiger partial charge is 0.287 e. The molecule has 4 rings (SSSR count). The van der Waals surface area contributed by atoms with Crippen LogP contribution in [0.5, 0.6) is 0 Å². The van der Waals surface area contributed by atoms with Gasteiger partial charge in [0.15, 0.2) is 0 Å². The average molecular weight is 330 g/mol. The van der Waals surface area contributed by atoms with E-state index >= 15 is 0 Å². The zero-order chi connectivity index (χ0) is 17.4. The molecule has 0 bridgehead atoms. The summed E-state index contributed by atoms with van der Waals surface area (Å²) < 4.78 is 0. The second-order valence-electron chi connectivity index (χ2n) is 5.74. The van der Waals surface area contributed by atoms with E-state index in [4.69, 9.17) is 6.57 Å². The van der Waals surface area contributed by atoms with Gasteiger partial charge in [-0.1, -0.05) is 24.3 Å². The van der Waals surface area contributed by atoms with Crippen LogP contribution in [0.3, 0.4) is 0 Å². The predicted octanol–water partition coefficient (Wildman–Crippen LogP) is 3.03. The van der Waals surface area contributed by atoms with Crippen LogP contribution in [0.15, 0.2) is 49.1 Å². The number of urea groups is 1. The van der Waals surface area contributed by atoms with E-state index in [0.717, 1.165) is 10.8 Å². The van der Waals surface area contributed by atoms with Crippen molar-refractivity contribution in [1.82, 2.24) is 15.0 Å². The summed E-state index contributed by atoms with van der Waals surface area (Å²) in [7, 11) is 0. The van der Waals surface area contributed by atoms with Crippen LogP contribution >= 0.6 is 0 Å². The van der Waals surface area contributed by atoms with Crippen LogP contribution in [0.25, 0.3) is 15.6 Å². The van der Waals surface area contributed by atoms with E-state index in [2.05, 4.69) is 19.8 Å². The second kappa shape index (κ2) is 5.83. The van der Waals surface area contributed by atoms with E-state index in [1.165, 1.54) is 9.80 Å². The number of carbonyl (C=O) groups excluding carboxylic acids is 1. The number of rotatable bonds is 2. The SMILES string of the molecule is [C-]#[N+][C@@H]1CN(c2cnc(C)nc2)C(=O)N1c1cncc2ccccc12. The van der Waals surface area contributed by atoms with Gasteiger partial charge >= 0.3 is 12.2 Å². The fourth-order valence-corrected chi connectivity index (χ4v) is 2.98. The Bertz CT molecular complexity index is 989. The van der Waals surface area contributed by atoms with E-state index in [1.54, 1.807) is 31.7 Å². The first-order chi connectivity index (χ1) is 12.2. The third-order valence-corrected chi connectivity index (χ3v) is 4.22. The summed E-state index contributed by atoms with van der Waals surface area (Å²) in [5.74, 6) is 0.632. The summed E-state index contributed by atoms with van der Waals surface area (Å²) in [6.45, 7) is 9.56. The third kappa shape index (κ3) is 2.44. The van der Waals surface area contributed by atoms with Crippen molar-refractivity contribution in [3.8, 4) is 0 Å². The van der Waals surface area contributed by atoms with Gasteiger partial charge in [-0.2, -0.15) is 0 Å². The Hall–Kier alpha value is -3.53. The Morgan fingerprint density at radius 2 is 1.92 bits per heavy atom. The first kappa shape index (κ1) is 15.0. The summed E-state index contributed by atoms with van der Waals surface area (Å²) in [5.41, 5.74) is 1.22. The van der Waals surface area contributed by atoms with Gasteiger partial charge in [0.25, 0.3) is 0 Å². The molecule has 3 aromatic rings. The van der Waals surface area contributed by atoms with Gasteiger partial charge < -0.3 is 0 Å². The van der Waals surface area contributed by atoms with Crippen molar-refractivity contribution in [2.75, 3.05) is 16.3 Å². The number of aromatic nitrogens is 3. The average Bonchev–Trinajstić information content (AvgIpc) is 2.98. The number of pyridine rings is 1. The van der Waals surface area contributed by atoms with E-state index in [9.17, 15) is 4.79 Å². The van der Waals surface area contributed by atoms with Gasteiger partial charge in [0.1, 0.15) is 12.4 Å². The Kier molecular flexibility index (Phi) is 3.51. The quantitative estimate of drug-likeness (QED) is 0.678. The van der Waals surface area contributed by atoms with Crippen molar-refractivity contribution in [1.29, 1.82) is 0 Å². The zero-order valence-electron chi connectivity index (χ0n) is 13.5. The molecular formula is C18H14N6O. The molecule has 122 valence electrons. The lowest BCUT2D eigenvalue weighted by atomic mass is 10.1. The van der Waals surface area contributed by atoms with Crippen molar-refractivity contribution in [3.05, 3.63) is 66.3 Å². The fourth-order valence-electron chi connectivity index (χ4n) is 2.98. The zero-order valence-corrected chi connectivity index (χ0v) is 13.5. The maximum Gasteiger partial charge on any atom is 0.335 e. The van der Waals surface area contributed by atoms with E-state index in [-0.39, 0.29) is 12.6 Å². The Morgan fingerprint density at radius 3 is 2.68 bits per heavy atom. The van der Waals surface area contributed by atoms with Gasteiger partial charge in [-0.25, -0.2) is 26.2 Å². The van der Waals surface area contributed by atoms with Crippen LogP contribution in [0.4, 0.5) is 16.2 Å². The summed E-state index contributed by atoms with van der Waals surface area (Å²) in [6, 6.07) is 7.42. The number of anilines is 2. The molecule has 0 N–H and O–H groups in total. The monoisotopic (exact) mass is 330 g/mol. The molecule has 25 heavy (non-hydrogen) atoms. The van der Waals surface area contributed by atoms with Crippen LogP contribution < -0.4 is 9.80 Å². The number of fused-ring (bicyclic) bond motifs is 1. The fraction of sp³-hybridized carbons (Fsp3) is 0.167. The van der Waals surface area contributed by atoms with Crippen LogP contribution in [0, 0.1) is 13.5 Å². The molecule has 0 unspecified atom stereocenters. The second-order valence-corrected chi connectivity index (χ2v) is 5.74. The van der Waals surface area contributed by atoms with Crippen molar-refractivity contribution >= 4 is 28.2 Å². The van der Waals surface area contributed by atoms with Crippen molar-refractivity contribution in [2.24, 2.45) is 0 Å². The highest BCUT2D eigenvalue weighted by atomic mass is 16.2. The minimum Gasteiger partial charge on any atom is -0.287 e. The number of hydrogen-bond acceptors (Lipinski definition) is 4. The molecule has 7 nitrogen and oxygen atoms in total. The van der Waals surface area contributed by atoms with Gasteiger partial charge in [-0.05, 0) is 6.92 Å². The minimum absolute atomic E-state index is 0.262. The number of carbonyl (C=O) groups is 1. The number of hydrogen-bond donors (Lipinski definition) is 0. The largest absolute Gasteiger partial charge is 0.335 e. The molecule has 1 fully saturated rings. The van der Waals surface area contributed by atoms with Crippen LogP contribution in [-0.4, -0.2) is 33.7 Å². The lowest BCUT2D eigenvalue weighted by Crippen LogP contribution is -2.34. The molecule has 1 aromatic carbocycles. The summed E-state index contributed by atoms with van der Waals surface area (Å²) in [6.07, 6.45) is 5.96. The molecule has 0 spiro atoms. The maximum atomic E-state index is 13.0. The van der Waals surface area contributed by atoms with Gasteiger partial charge in [0.2, 0.25) is 0 Å². The number of nitrogens with zero attached hydrogens (tertiary/aromatic N) is 6. The molecule has 1 aliphatic rings. The highest BCUT2D eigenvalue weighted by molar-refractivity contribution is 6.11. The lowest BCUT2D eigenvalue weighted by molar-refractivity contribution is 0.255. The normalized spacial score (nSPS) is 17.1. The van der Waals surface area contributed by atoms with Crippen molar-refractivity contribution in [3.63, 3.8) is 0 Å². The molecule has 2 amide bonds. The molecule has 1 atom stereocenters. The van der Waals surface area contributed by atoms with E-state index in [1.807, 2.05) is 24.3 Å². The van der Waals surface area contributed by atoms with Gasteiger partial charge in [-0.3, -0.25) is 14.7 Å². The Labute approximate surface area is 144 Å². The van der Waals surface area contributed by atoms with Crippen molar-refractivity contribution < 1.29 is 4.79 Å². The third-order valence-electron chi connectivity index (χ3n) is 4.22.